The maximum Gasteiger partial charge on any atom is -0.000138 e. The van der Waals surface area contributed by atoms with Crippen molar-refractivity contribution in [3.63, 3.8) is 0 Å². The van der Waals surface area contributed by atoms with E-state index < -0.39 is 0 Å². The Labute approximate surface area is 233 Å². The molecule has 0 bridgehead atoms. The Hall–Kier alpha value is -5.20. The van der Waals surface area contributed by atoms with Gasteiger partial charge in [-0.2, -0.15) is 0 Å². The highest BCUT2D eigenvalue weighted by atomic mass is 14.4. The maximum absolute atomic E-state index is 2.42. The normalized spacial score (nSPS) is 13.8. The molecule has 0 atom stereocenters. The van der Waals surface area contributed by atoms with Crippen molar-refractivity contribution in [1.82, 2.24) is 0 Å². The third kappa shape index (κ3) is 2.96. The molecule has 0 amide bonds. The van der Waals surface area contributed by atoms with E-state index in [1.54, 1.807) is 0 Å². The van der Waals surface area contributed by atoms with Gasteiger partial charge in [0.1, 0.15) is 0 Å². The van der Waals surface area contributed by atoms with Crippen LogP contribution in [0, 0.1) is 0 Å². The summed E-state index contributed by atoms with van der Waals surface area (Å²) in [6.07, 6.45) is 0. The molecule has 0 unspecified atom stereocenters. The van der Waals surface area contributed by atoms with E-state index >= 15 is 0 Å². The third-order valence-corrected chi connectivity index (χ3v) is 8.72. The van der Waals surface area contributed by atoms with Gasteiger partial charge < -0.3 is 0 Å². The van der Waals surface area contributed by atoms with Crippen molar-refractivity contribution in [2.75, 3.05) is 0 Å². The second-order valence-electron chi connectivity index (χ2n) is 10.9. The predicted octanol–water partition coefficient (Wildman–Crippen LogP) is 10.4. The van der Waals surface area contributed by atoms with E-state index in [1.807, 2.05) is 0 Å². The number of benzene rings is 7. The lowest BCUT2D eigenvalue weighted by Crippen LogP contribution is -1.94. The van der Waals surface area contributed by atoms with Crippen molar-refractivity contribution in [2.24, 2.45) is 0 Å². The van der Waals surface area contributed by atoms with E-state index in [-0.39, 0.29) is 0 Å². The molecule has 0 radical (unpaired) electrons. The standard InChI is InChI=1S/C40H24/c1-2-12-27(13-3-1)36-34-23-29-15-6-7-16-30(29)24-35(34)39-37(31-19-18-25-10-4-5-14-28(25)22-31)33-21-20-26-11-8-9-17-32(26)38(33)40(36)39/h1-24H. The van der Waals surface area contributed by atoms with Crippen molar-refractivity contribution in [2.45, 2.75) is 0 Å². The van der Waals surface area contributed by atoms with Gasteiger partial charge in [-0.05, 0) is 106 Å². The number of fused-ring (bicyclic) bond motifs is 9. The van der Waals surface area contributed by atoms with E-state index in [4.69, 9.17) is 0 Å². The first kappa shape index (κ1) is 21.7. The van der Waals surface area contributed by atoms with Gasteiger partial charge in [-0.3, -0.25) is 0 Å². The van der Waals surface area contributed by atoms with E-state index in [1.165, 1.54) is 88.0 Å². The highest BCUT2D eigenvalue weighted by molar-refractivity contribution is 6.38. The van der Waals surface area contributed by atoms with Crippen LogP contribution in [0.5, 0.6) is 0 Å². The van der Waals surface area contributed by atoms with Gasteiger partial charge >= 0.3 is 0 Å². The summed E-state index contributed by atoms with van der Waals surface area (Å²) in [4.78, 5) is 0. The van der Waals surface area contributed by atoms with Crippen molar-refractivity contribution in [1.29, 1.82) is 0 Å². The number of hydrogen-bond acceptors (Lipinski definition) is 0. The summed E-state index contributed by atoms with van der Waals surface area (Å²) in [6.45, 7) is 0. The van der Waals surface area contributed by atoms with Crippen molar-refractivity contribution >= 4 is 54.6 Å². The summed E-state index contributed by atoms with van der Waals surface area (Å²) in [6, 6.07) is 53.7. The van der Waals surface area contributed by atoms with Crippen LogP contribution in [0.1, 0.15) is 33.4 Å². The largest absolute Gasteiger partial charge is 0.0622 e. The number of rotatable bonds is 2. The summed E-state index contributed by atoms with van der Waals surface area (Å²) >= 11 is 0. The fourth-order valence-corrected chi connectivity index (χ4v) is 6.99. The molecule has 7 aromatic carbocycles. The smallest absolute Gasteiger partial charge is 0.000138 e. The molecule has 0 heterocycles. The lowest BCUT2D eigenvalue weighted by atomic mass is 9.88. The zero-order valence-electron chi connectivity index (χ0n) is 21.9. The number of allylic oxidation sites excluding steroid dienone is 2. The molecule has 0 heteroatoms. The molecule has 7 aromatic rings. The zero-order valence-corrected chi connectivity index (χ0v) is 21.9. The molecule has 2 aliphatic carbocycles. The minimum absolute atomic E-state index is 1.27. The Morgan fingerprint density at radius 2 is 0.825 bits per heavy atom. The van der Waals surface area contributed by atoms with Crippen LogP contribution in [0.2, 0.25) is 0 Å². The quantitative estimate of drug-likeness (QED) is 0.220. The summed E-state index contributed by atoms with van der Waals surface area (Å²) in [5, 5.41) is 7.69. The van der Waals surface area contributed by atoms with Gasteiger partial charge in [-0.1, -0.05) is 127 Å². The highest BCUT2D eigenvalue weighted by Gasteiger charge is 2.38. The fourth-order valence-electron chi connectivity index (χ4n) is 6.99. The van der Waals surface area contributed by atoms with Crippen LogP contribution < -0.4 is 0 Å². The molecule has 0 saturated carbocycles. The first-order valence-electron chi connectivity index (χ1n) is 13.9. The lowest BCUT2D eigenvalue weighted by Gasteiger charge is -2.14. The molecule has 0 aliphatic heterocycles. The summed E-state index contributed by atoms with van der Waals surface area (Å²) < 4.78 is 0. The topological polar surface area (TPSA) is 0 Å². The monoisotopic (exact) mass is 504 g/mol. The van der Waals surface area contributed by atoms with Gasteiger partial charge in [0.15, 0.2) is 0 Å². The van der Waals surface area contributed by atoms with Gasteiger partial charge in [0.25, 0.3) is 0 Å². The van der Waals surface area contributed by atoms with Gasteiger partial charge in [-0.25, -0.2) is 0 Å². The van der Waals surface area contributed by atoms with Crippen LogP contribution >= 0.6 is 0 Å². The van der Waals surface area contributed by atoms with Gasteiger partial charge in [0, 0.05) is 0 Å². The van der Waals surface area contributed by atoms with Crippen LogP contribution in [-0.4, -0.2) is 0 Å². The Kier molecular flexibility index (Phi) is 4.42. The minimum atomic E-state index is 1.27. The van der Waals surface area contributed by atoms with Crippen LogP contribution in [0.15, 0.2) is 146 Å². The van der Waals surface area contributed by atoms with Crippen molar-refractivity contribution < 1.29 is 0 Å². The minimum Gasteiger partial charge on any atom is -0.0622 e. The average Bonchev–Trinajstić information content (AvgIpc) is 3.52. The first-order valence-corrected chi connectivity index (χ1v) is 13.9. The second kappa shape index (κ2) is 8.15. The van der Waals surface area contributed by atoms with E-state index in [2.05, 4.69) is 146 Å². The van der Waals surface area contributed by atoms with Crippen LogP contribution in [0.3, 0.4) is 0 Å². The van der Waals surface area contributed by atoms with E-state index in [0.717, 1.165) is 0 Å². The Morgan fingerprint density at radius 3 is 1.57 bits per heavy atom. The highest BCUT2D eigenvalue weighted by Crippen LogP contribution is 2.60. The predicted molar refractivity (Wildman–Crippen MR) is 170 cm³/mol. The molecule has 2 aliphatic rings. The van der Waals surface area contributed by atoms with Gasteiger partial charge in [0.05, 0.1) is 0 Å². The average molecular weight is 505 g/mol. The molecular weight excluding hydrogens is 480 g/mol. The molecule has 9 rings (SSSR count). The SMILES string of the molecule is c1ccc(C2=C3C(=C(c4ccc5ccccc5c4)c4ccc5ccccc5c43)c3cc4ccccc4cc32)cc1. The molecule has 184 valence electrons. The molecule has 0 fully saturated rings. The van der Waals surface area contributed by atoms with Crippen molar-refractivity contribution in [3.05, 3.63) is 179 Å². The molecule has 0 saturated heterocycles. The van der Waals surface area contributed by atoms with E-state index in [0.29, 0.717) is 0 Å². The summed E-state index contributed by atoms with van der Waals surface area (Å²) in [5.74, 6) is 0. The van der Waals surface area contributed by atoms with Crippen LogP contribution in [0.4, 0.5) is 0 Å². The molecule has 0 nitrogen and oxygen atoms in total. The molecule has 40 heavy (non-hydrogen) atoms. The summed E-state index contributed by atoms with van der Waals surface area (Å²) in [5.41, 5.74) is 13.3. The molecular formula is C40H24. The third-order valence-electron chi connectivity index (χ3n) is 8.72. The van der Waals surface area contributed by atoms with Crippen LogP contribution in [0.25, 0.3) is 54.6 Å². The first-order chi connectivity index (χ1) is 19.8. The van der Waals surface area contributed by atoms with Gasteiger partial charge in [0.2, 0.25) is 0 Å². The van der Waals surface area contributed by atoms with E-state index in [9.17, 15) is 0 Å². The Morgan fingerprint density at radius 1 is 0.275 bits per heavy atom. The Balaban J connectivity index is 1.49. The van der Waals surface area contributed by atoms with Crippen LogP contribution in [-0.2, 0) is 0 Å². The number of hydrogen-bond donors (Lipinski definition) is 0. The molecule has 0 spiro atoms. The second-order valence-corrected chi connectivity index (χ2v) is 10.9. The van der Waals surface area contributed by atoms with Crippen molar-refractivity contribution in [3.8, 4) is 0 Å². The fraction of sp³-hybridized carbons (Fsp3) is 0. The maximum atomic E-state index is 2.42. The lowest BCUT2D eigenvalue weighted by molar-refractivity contribution is 1.55. The summed E-state index contributed by atoms with van der Waals surface area (Å²) in [7, 11) is 0. The molecule has 0 aromatic heterocycles. The Bertz CT molecular complexity index is 2240. The molecule has 0 N–H and O–H groups in total. The van der Waals surface area contributed by atoms with Gasteiger partial charge in [-0.15, -0.1) is 0 Å². The zero-order chi connectivity index (χ0) is 26.2.